The van der Waals surface area contributed by atoms with Crippen LogP contribution in [0.4, 0.5) is 8.78 Å². The van der Waals surface area contributed by atoms with Gasteiger partial charge in [0.1, 0.15) is 0 Å². The standard InChI is InChI=1S/C13H15F2NO4S/c1-12(6-13(14,15)7-12)8-16-21(19,20)10-5-3-2-4-9(10)11(17)18/h2-5,16H,6-8H2,1H3,(H,17,18). The van der Waals surface area contributed by atoms with Crippen LogP contribution in [0.2, 0.25) is 0 Å². The Hall–Kier alpha value is -1.54. The van der Waals surface area contributed by atoms with Gasteiger partial charge in [0.25, 0.3) is 0 Å². The number of carbonyl (C=O) groups is 1. The van der Waals surface area contributed by atoms with Crippen LogP contribution in [0.15, 0.2) is 29.2 Å². The first kappa shape index (κ1) is 15.8. The highest BCUT2D eigenvalue weighted by molar-refractivity contribution is 7.89. The second-order valence-corrected chi connectivity index (χ2v) is 7.38. The zero-order valence-corrected chi connectivity index (χ0v) is 12.1. The molecule has 0 bridgehead atoms. The molecule has 1 saturated carbocycles. The molecule has 1 aromatic carbocycles. The van der Waals surface area contributed by atoms with Crippen molar-refractivity contribution in [2.75, 3.05) is 6.54 Å². The van der Waals surface area contributed by atoms with Gasteiger partial charge in [-0.05, 0) is 17.5 Å². The van der Waals surface area contributed by atoms with Crippen LogP contribution in [-0.2, 0) is 10.0 Å². The minimum atomic E-state index is -4.06. The van der Waals surface area contributed by atoms with Crippen LogP contribution >= 0.6 is 0 Å². The van der Waals surface area contributed by atoms with Crippen molar-refractivity contribution in [3.8, 4) is 0 Å². The molecule has 1 fully saturated rings. The molecule has 0 amide bonds. The lowest BCUT2D eigenvalue weighted by molar-refractivity contribution is -0.150. The molecular formula is C13H15F2NO4S. The highest BCUT2D eigenvalue weighted by Gasteiger charge is 2.53. The number of aromatic carboxylic acids is 1. The predicted octanol–water partition coefficient (Wildman–Crippen LogP) is 2.10. The summed E-state index contributed by atoms with van der Waals surface area (Å²) in [4.78, 5) is 10.7. The van der Waals surface area contributed by atoms with Crippen molar-refractivity contribution in [2.24, 2.45) is 5.41 Å². The van der Waals surface area contributed by atoms with E-state index in [0.29, 0.717) is 0 Å². The molecule has 0 aliphatic heterocycles. The smallest absolute Gasteiger partial charge is 0.337 e. The number of hydrogen-bond donors (Lipinski definition) is 2. The lowest BCUT2D eigenvalue weighted by atomic mass is 9.68. The molecule has 0 spiro atoms. The molecule has 5 nitrogen and oxygen atoms in total. The van der Waals surface area contributed by atoms with Crippen LogP contribution < -0.4 is 4.72 Å². The molecule has 0 heterocycles. The molecule has 2 N–H and O–H groups in total. The lowest BCUT2D eigenvalue weighted by Gasteiger charge is -2.44. The maximum atomic E-state index is 12.9. The third kappa shape index (κ3) is 3.38. The second kappa shape index (κ2) is 5.03. The topological polar surface area (TPSA) is 83.5 Å². The Labute approximate surface area is 121 Å². The van der Waals surface area contributed by atoms with Crippen molar-refractivity contribution < 1.29 is 27.1 Å². The average Bonchev–Trinajstić information content (AvgIpc) is 2.34. The third-order valence-electron chi connectivity index (χ3n) is 3.47. The Balaban J connectivity index is 2.15. The van der Waals surface area contributed by atoms with Gasteiger partial charge in [-0.25, -0.2) is 26.7 Å². The van der Waals surface area contributed by atoms with Crippen molar-refractivity contribution in [2.45, 2.75) is 30.6 Å². The van der Waals surface area contributed by atoms with E-state index < -0.39 is 27.3 Å². The first-order chi connectivity index (χ1) is 9.55. The van der Waals surface area contributed by atoms with E-state index in [2.05, 4.69) is 4.72 Å². The summed E-state index contributed by atoms with van der Waals surface area (Å²) in [5.74, 6) is -4.11. The van der Waals surface area contributed by atoms with Gasteiger partial charge in [0.15, 0.2) is 0 Å². The van der Waals surface area contributed by atoms with E-state index >= 15 is 0 Å². The van der Waals surface area contributed by atoms with Crippen molar-refractivity contribution in [1.29, 1.82) is 0 Å². The molecule has 1 aliphatic carbocycles. The van der Waals surface area contributed by atoms with Crippen molar-refractivity contribution >= 4 is 16.0 Å². The summed E-state index contributed by atoms with van der Waals surface area (Å²) in [6, 6.07) is 5.16. The number of hydrogen-bond acceptors (Lipinski definition) is 3. The van der Waals surface area contributed by atoms with Gasteiger partial charge >= 0.3 is 5.97 Å². The summed E-state index contributed by atoms with van der Waals surface area (Å²) >= 11 is 0. The molecule has 8 heteroatoms. The summed E-state index contributed by atoms with van der Waals surface area (Å²) < 4.78 is 52.3. The van der Waals surface area contributed by atoms with E-state index in [4.69, 9.17) is 5.11 Å². The van der Waals surface area contributed by atoms with Crippen molar-refractivity contribution in [1.82, 2.24) is 4.72 Å². The number of nitrogens with one attached hydrogen (secondary N) is 1. The monoisotopic (exact) mass is 319 g/mol. The number of alkyl halides is 2. The fourth-order valence-electron chi connectivity index (χ4n) is 2.55. The van der Waals surface area contributed by atoms with E-state index in [1.165, 1.54) is 24.3 Å². The van der Waals surface area contributed by atoms with Crippen LogP contribution in [0, 0.1) is 5.41 Å². The quantitative estimate of drug-likeness (QED) is 0.870. The number of halogens is 2. The van der Waals surface area contributed by atoms with E-state index in [1.54, 1.807) is 6.92 Å². The number of carboxylic acids is 1. The minimum Gasteiger partial charge on any atom is -0.478 e. The lowest BCUT2D eigenvalue weighted by Crippen LogP contribution is -2.50. The molecular weight excluding hydrogens is 304 g/mol. The molecule has 21 heavy (non-hydrogen) atoms. The molecule has 1 aromatic rings. The van der Waals surface area contributed by atoms with Crippen LogP contribution in [0.3, 0.4) is 0 Å². The first-order valence-electron chi connectivity index (χ1n) is 6.25. The van der Waals surface area contributed by atoms with Gasteiger partial charge in [0.05, 0.1) is 10.5 Å². The van der Waals surface area contributed by atoms with Crippen molar-refractivity contribution in [3.05, 3.63) is 29.8 Å². The number of benzene rings is 1. The van der Waals surface area contributed by atoms with Crippen LogP contribution in [0.5, 0.6) is 0 Å². The van der Waals surface area contributed by atoms with E-state index in [-0.39, 0.29) is 29.8 Å². The first-order valence-corrected chi connectivity index (χ1v) is 7.73. The summed E-state index contributed by atoms with van der Waals surface area (Å²) in [5.41, 5.74) is -1.16. The third-order valence-corrected chi connectivity index (χ3v) is 4.93. The number of carboxylic acid groups (broad SMARTS) is 1. The molecule has 0 unspecified atom stereocenters. The summed E-state index contributed by atoms with van der Waals surface area (Å²) in [6.07, 6.45) is -0.772. The van der Waals surface area contributed by atoms with Gasteiger partial charge in [-0.1, -0.05) is 19.1 Å². The predicted molar refractivity (Wildman–Crippen MR) is 70.9 cm³/mol. The minimum absolute atomic E-state index is 0.154. The number of rotatable bonds is 5. The molecule has 0 saturated heterocycles. The highest BCUT2D eigenvalue weighted by atomic mass is 32.2. The average molecular weight is 319 g/mol. The Morgan fingerprint density at radius 3 is 2.43 bits per heavy atom. The van der Waals surface area contributed by atoms with Gasteiger partial charge in [0, 0.05) is 19.4 Å². The van der Waals surface area contributed by atoms with Gasteiger partial charge < -0.3 is 5.11 Å². The van der Waals surface area contributed by atoms with Crippen LogP contribution in [-0.4, -0.2) is 32.0 Å². The molecule has 0 aromatic heterocycles. The van der Waals surface area contributed by atoms with Gasteiger partial charge in [-0.3, -0.25) is 0 Å². The normalized spacial score (nSPS) is 19.8. The molecule has 0 atom stereocenters. The fourth-order valence-corrected chi connectivity index (χ4v) is 3.94. The Kier molecular flexibility index (Phi) is 3.79. The highest BCUT2D eigenvalue weighted by Crippen LogP contribution is 2.51. The Morgan fingerprint density at radius 1 is 1.33 bits per heavy atom. The van der Waals surface area contributed by atoms with Crippen LogP contribution in [0.25, 0.3) is 0 Å². The SMILES string of the molecule is CC1(CNS(=O)(=O)c2ccccc2C(=O)O)CC(F)(F)C1. The van der Waals surface area contributed by atoms with E-state index in [1.807, 2.05) is 0 Å². The van der Waals surface area contributed by atoms with Gasteiger partial charge in [-0.2, -0.15) is 0 Å². The maximum absolute atomic E-state index is 12.9. The van der Waals surface area contributed by atoms with Gasteiger partial charge in [-0.15, -0.1) is 0 Å². The summed E-state index contributed by atoms with van der Waals surface area (Å²) in [7, 11) is -4.06. The fraction of sp³-hybridized carbons (Fsp3) is 0.462. The molecule has 116 valence electrons. The largest absolute Gasteiger partial charge is 0.478 e. The van der Waals surface area contributed by atoms with E-state index in [9.17, 15) is 22.0 Å². The summed E-state index contributed by atoms with van der Waals surface area (Å²) in [5, 5.41) is 8.99. The zero-order chi connectivity index (χ0) is 15.9. The molecule has 2 rings (SSSR count). The number of sulfonamides is 1. The summed E-state index contributed by atoms with van der Waals surface area (Å²) in [6.45, 7) is 1.41. The maximum Gasteiger partial charge on any atom is 0.337 e. The van der Waals surface area contributed by atoms with Crippen molar-refractivity contribution in [3.63, 3.8) is 0 Å². The molecule has 0 radical (unpaired) electrons. The zero-order valence-electron chi connectivity index (χ0n) is 11.3. The van der Waals surface area contributed by atoms with Crippen LogP contribution in [0.1, 0.15) is 30.1 Å². The Bertz CT molecular complexity index is 665. The molecule has 1 aliphatic rings. The van der Waals surface area contributed by atoms with E-state index in [0.717, 1.165) is 0 Å². The van der Waals surface area contributed by atoms with Gasteiger partial charge in [0.2, 0.25) is 15.9 Å². The Morgan fingerprint density at radius 2 is 1.90 bits per heavy atom. The second-order valence-electron chi connectivity index (χ2n) is 5.65.